The van der Waals surface area contributed by atoms with Crippen LogP contribution in [0.5, 0.6) is 0 Å². The molecule has 0 aromatic carbocycles. The van der Waals surface area contributed by atoms with E-state index < -0.39 is 12.1 Å². The van der Waals surface area contributed by atoms with E-state index in [9.17, 15) is 18.0 Å². The molecule has 0 radical (unpaired) electrons. The fourth-order valence-electron chi connectivity index (χ4n) is 5.13. The van der Waals surface area contributed by atoms with Crippen LogP contribution in [-0.2, 0) is 23.8 Å². The van der Waals surface area contributed by atoms with Crippen molar-refractivity contribution in [2.24, 2.45) is 17.3 Å². The highest BCUT2D eigenvalue weighted by atomic mass is 19.4. The smallest absolute Gasteiger partial charge is 0.475 e. The first-order valence-electron chi connectivity index (χ1n) is 11.3. The Morgan fingerprint density at radius 1 is 0.938 bits per heavy atom. The second-order valence-electron chi connectivity index (χ2n) is 9.02. The molecule has 0 bridgehead atoms. The lowest BCUT2D eigenvalue weighted by molar-refractivity contribution is -0.192. The van der Waals surface area contributed by atoms with Crippen LogP contribution in [0, 0.1) is 17.3 Å². The van der Waals surface area contributed by atoms with E-state index in [0.29, 0.717) is 19.1 Å². The van der Waals surface area contributed by atoms with Crippen molar-refractivity contribution in [1.29, 1.82) is 0 Å². The van der Waals surface area contributed by atoms with Crippen molar-refractivity contribution in [3.05, 3.63) is 0 Å². The molecule has 0 aromatic heterocycles. The van der Waals surface area contributed by atoms with Crippen molar-refractivity contribution in [3.63, 3.8) is 0 Å². The van der Waals surface area contributed by atoms with E-state index in [1.165, 1.54) is 0 Å². The van der Waals surface area contributed by atoms with Gasteiger partial charge in [-0.1, -0.05) is 0 Å². The van der Waals surface area contributed by atoms with Gasteiger partial charge >= 0.3 is 12.1 Å². The fourth-order valence-corrected chi connectivity index (χ4v) is 5.13. The highest BCUT2D eigenvalue weighted by Crippen LogP contribution is 2.45. The van der Waals surface area contributed by atoms with Crippen LogP contribution in [0.25, 0.3) is 0 Å². The standard InChI is InChI=1S/C19H32N2O4.C2HF3O2/c22-18(21-5-11-25-12-6-21)17-14-20(13-16-1-7-23-8-2-16)15-19(17)3-9-24-10-4-19;3-2(4,5)1(6)7/h16-17H,1-15H2;(H,6,7). The lowest BCUT2D eigenvalue weighted by Crippen LogP contribution is -2.49. The molecule has 184 valence electrons. The minimum atomic E-state index is -5.08. The summed E-state index contributed by atoms with van der Waals surface area (Å²) in [4.78, 5) is 26.8. The van der Waals surface area contributed by atoms with Gasteiger partial charge in [-0.2, -0.15) is 13.2 Å². The van der Waals surface area contributed by atoms with Gasteiger partial charge in [0.05, 0.1) is 19.1 Å². The summed E-state index contributed by atoms with van der Waals surface area (Å²) in [7, 11) is 0. The molecule has 0 saturated carbocycles. The number of ether oxygens (including phenoxy) is 3. The van der Waals surface area contributed by atoms with Gasteiger partial charge in [-0.05, 0) is 31.6 Å². The number of carbonyl (C=O) groups excluding carboxylic acids is 1. The monoisotopic (exact) mass is 466 g/mol. The van der Waals surface area contributed by atoms with Gasteiger partial charge in [0.1, 0.15) is 0 Å². The maximum atomic E-state index is 13.3. The number of hydrogen-bond acceptors (Lipinski definition) is 6. The van der Waals surface area contributed by atoms with Crippen LogP contribution >= 0.6 is 0 Å². The normalized spacial score (nSPS) is 27.1. The Morgan fingerprint density at radius 3 is 2.03 bits per heavy atom. The molecular weight excluding hydrogens is 433 g/mol. The molecule has 1 atom stereocenters. The summed E-state index contributed by atoms with van der Waals surface area (Å²) in [5.41, 5.74) is 0.124. The van der Waals surface area contributed by atoms with Crippen molar-refractivity contribution in [2.45, 2.75) is 31.9 Å². The van der Waals surface area contributed by atoms with Crippen molar-refractivity contribution in [3.8, 4) is 0 Å². The third-order valence-corrected chi connectivity index (χ3v) is 6.93. The zero-order chi connectivity index (χ0) is 23.2. The van der Waals surface area contributed by atoms with Crippen molar-refractivity contribution < 1.29 is 42.1 Å². The van der Waals surface area contributed by atoms with Crippen molar-refractivity contribution >= 4 is 11.9 Å². The van der Waals surface area contributed by atoms with E-state index in [0.717, 1.165) is 90.8 Å². The first-order chi connectivity index (χ1) is 15.2. The second kappa shape index (κ2) is 11.1. The lowest BCUT2D eigenvalue weighted by atomic mass is 9.71. The maximum Gasteiger partial charge on any atom is 0.490 e. The van der Waals surface area contributed by atoms with E-state index in [4.69, 9.17) is 24.1 Å². The summed E-state index contributed by atoms with van der Waals surface area (Å²) in [6, 6.07) is 0. The Morgan fingerprint density at radius 2 is 1.47 bits per heavy atom. The average molecular weight is 466 g/mol. The number of hydrogen-bond donors (Lipinski definition) is 1. The molecule has 0 aliphatic carbocycles. The van der Waals surface area contributed by atoms with Gasteiger partial charge in [-0.25, -0.2) is 4.79 Å². The van der Waals surface area contributed by atoms with E-state index in [1.807, 2.05) is 4.90 Å². The van der Waals surface area contributed by atoms with Gasteiger partial charge in [0.2, 0.25) is 5.91 Å². The first kappa shape index (κ1) is 25.2. The third kappa shape index (κ3) is 6.55. The summed E-state index contributed by atoms with van der Waals surface area (Å²) < 4.78 is 48.3. The predicted molar refractivity (Wildman–Crippen MR) is 107 cm³/mol. The second-order valence-corrected chi connectivity index (χ2v) is 9.02. The number of nitrogens with zero attached hydrogens (tertiary/aromatic N) is 2. The number of morpholine rings is 1. The molecule has 1 spiro atoms. The summed E-state index contributed by atoms with van der Waals surface area (Å²) in [6.07, 6.45) is -0.709. The van der Waals surface area contributed by atoms with Crippen LogP contribution in [0.4, 0.5) is 13.2 Å². The number of rotatable bonds is 3. The number of carboxylic acid groups (broad SMARTS) is 1. The number of halogens is 3. The number of aliphatic carboxylic acids is 1. The van der Waals surface area contributed by atoms with Gasteiger partial charge in [0, 0.05) is 64.6 Å². The molecule has 4 heterocycles. The number of amides is 1. The summed E-state index contributed by atoms with van der Waals surface area (Å²) >= 11 is 0. The van der Waals surface area contributed by atoms with E-state index in [2.05, 4.69) is 4.90 Å². The van der Waals surface area contributed by atoms with Crippen LogP contribution in [0.3, 0.4) is 0 Å². The van der Waals surface area contributed by atoms with Crippen molar-refractivity contribution in [1.82, 2.24) is 9.80 Å². The molecule has 4 aliphatic heterocycles. The van der Waals surface area contributed by atoms with Gasteiger partial charge in [0.15, 0.2) is 0 Å². The van der Waals surface area contributed by atoms with E-state index in [-0.39, 0.29) is 11.3 Å². The van der Waals surface area contributed by atoms with Crippen LogP contribution in [-0.4, -0.2) is 105 Å². The molecule has 0 aromatic rings. The minimum Gasteiger partial charge on any atom is -0.475 e. The van der Waals surface area contributed by atoms with Crippen LogP contribution in [0.2, 0.25) is 0 Å². The molecule has 4 saturated heterocycles. The number of likely N-dealkylation sites (tertiary alicyclic amines) is 1. The Bertz CT molecular complexity index is 630. The van der Waals surface area contributed by atoms with Crippen molar-refractivity contribution in [2.75, 3.05) is 72.4 Å². The third-order valence-electron chi connectivity index (χ3n) is 6.93. The quantitative estimate of drug-likeness (QED) is 0.677. The molecule has 4 fully saturated rings. The summed E-state index contributed by atoms with van der Waals surface area (Å²) in [5, 5.41) is 7.12. The number of carboxylic acids is 1. The molecule has 1 amide bonds. The van der Waals surface area contributed by atoms with E-state index >= 15 is 0 Å². The summed E-state index contributed by atoms with van der Waals surface area (Å²) in [6.45, 7) is 9.38. The van der Waals surface area contributed by atoms with E-state index in [1.54, 1.807) is 0 Å². The first-order valence-corrected chi connectivity index (χ1v) is 11.3. The van der Waals surface area contributed by atoms with Crippen LogP contribution < -0.4 is 0 Å². The van der Waals surface area contributed by atoms with Gasteiger partial charge in [-0.3, -0.25) is 4.79 Å². The van der Waals surface area contributed by atoms with Crippen LogP contribution in [0.15, 0.2) is 0 Å². The average Bonchev–Trinajstić information content (AvgIpc) is 3.11. The molecule has 4 rings (SSSR count). The molecule has 4 aliphatic rings. The molecule has 1 unspecified atom stereocenters. The lowest BCUT2D eigenvalue weighted by Gasteiger charge is -2.40. The SMILES string of the molecule is O=C(C1CN(CC2CCOCC2)CC12CCOCC2)N1CCOCC1.O=C(O)C(F)(F)F. The topological polar surface area (TPSA) is 88.5 Å². The molecular formula is C21H33F3N2O6. The van der Waals surface area contributed by atoms with Gasteiger partial charge < -0.3 is 29.1 Å². The molecule has 1 N–H and O–H groups in total. The predicted octanol–water partition coefficient (Wildman–Crippen LogP) is 1.63. The maximum absolute atomic E-state index is 13.3. The largest absolute Gasteiger partial charge is 0.490 e. The van der Waals surface area contributed by atoms with Crippen LogP contribution in [0.1, 0.15) is 25.7 Å². The molecule has 32 heavy (non-hydrogen) atoms. The Kier molecular flexibility index (Phi) is 8.76. The Balaban J connectivity index is 0.000000360. The highest BCUT2D eigenvalue weighted by molar-refractivity contribution is 5.80. The fraction of sp³-hybridized carbons (Fsp3) is 0.905. The highest BCUT2D eigenvalue weighted by Gasteiger charge is 2.51. The number of carbonyl (C=O) groups is 2. The number of alkyl halides is 3. The Labute approximate surface area is 185 Å². The Hall–Kier alpha value is -1.43. The zero-order valence-corrected chi connectivity index (χ0v) is 18.3. The van der Waals surface area contributed by atoms with Gasteiger partial charge in [-0.15, -0.1) is 0 Å². The molecule has 11 heteroatoms. The zero-order valence-electron chi connectivity index (χ0n) is 18.3. The minimum absolute atomic E-state index is 0.124. The van der Waals surface area contributed by atoms with Gasteiger partial charge in [0.25, 0.3) is 0 Å². The summed E-state index contributed by atoms with van der Waals surface area (Å²) in [5.74, 6) is -1.54. The molecule has 8 nitrogen and oxygen atoms in total.